The number of carboxylic acid groups (broad SMARTS) is 1. The second kappa shape index (κ2) is 5.44. The first kappa shape index (κ1) is 13.0. The highest BCUT2D eigenvalue weighted by Crippen LogP contribution is 2.35. The number of nitrogens with zero attached hydrogens (tertiary/aromatic N) is 3. The Hall–Kier alpha value is -2.48. The van der Waals surface area contributed by atoms with Crippen LogP contribution in [0.15, 0.2) is 46.7 Å². The van der Waals surface area contributed by atoms with Crippen LogP contribution in [0.5, 0.6) is 0 Å². The lowest BCUT2D eigenvalue weighted by Crippen LogP contribution is -2.03. The number of hydrogen-bond donors (Lipinski definition) is 1. The summed E-state index contributed by atoms with van der Waals surface area (Å²) in [7, 11) is 0. The first-order valence-electron chi connectivity index (χ1n) is 5.05. The zero-order valence-electron chi connectivity index (χ0n) is 9.39. The van der Waals surface area contributed by atoms with Gasteiger partial charge < -0.3 is 5.11 Å². The average molecular weight is 277 g/mol. The van der Waals surface area contributed by atoms with Crippen molar-refractivity contribution in [2.24, 2.45) is 0 Å². The molecule has 0 fully saturated rings. The van der Waals surface area contributed by atoms with E-state index in [0.717, 1.165) is 11.8 Å². The molecule has 96 valence electrons. The summed E-state index contributed by atoms with van der Waals surface area (Å²) < 4.78 is 0. The van der Waals surface area contributed by atoms with Crippen LogP contribution in [0.1, 0.15) is 10.4 Å². The van der Waals surface area contributed by atoms with E-state index in [1.54, 1.807) is 6.07 Å². The van der Waals surface area contributed by atoms with Gasteiger partial charge in [0.2, 0.25) is 0 Å². The predicted octanol–water partition coefficient (Wildman–Crippen LogP) is 2.23. The smallest absolute Gasteiger partial charge is 0.342 e. The second-order valence-electron chi connectivity index (χ2n) is 3.35. The zero-order valence-corrected chi connectivity index (χ0v) is 10.2. The fourth-order valence-corrected chi connectivity index (χ4v) is 2.25. The van der Waals surface area contributed by atoms with Crippen LogP contribution in [0, 0.1) is 10.1 Å². The van der Waals surface area contributed by atoms with Gasteiger partial charge in [-0.3, -0.25) is 10.1 Å². The summed E-state index contributed by atoms with van der Waals surface area (Å²) in [4.78, 5) is 29.4. The number of rotatable bonds is 4. The Bertz CT molecular complexity index is 633. The fourth-order valence-electron chi connectivity index (χ4n) is 1.40. The van der Waals surface area contributed by atoms with E-state index in [-0.39, 0.29) is 10.5 Å². The van der Waals surface area contributed by atoms with Gasteiger partial charge in [0.05, 0.1) is 9.82 Å². The Balaban J connectivity index is 2.48. The van der Waals surface area contributed by atoms with Crippen molar-refractivity contribution < 1.29 is 14.8 Å². The molecule has 1 N–H and O–H groups in total. The van der Waals surface area contributed by atoms with Gasteiger partial charge in [-0.25, -0.2) is 14.8 Å². The molecule has 0 saturated carbocycles. The minimum absolute atomic E-state index is 0.191. The summed E-state index contributed by atoms with van der Waals surface area (Å²) in [6.45, 7) is 0. The van der Waals surface area contributed by atoms with E-state index in [9.17, 15) is 14.9 Å². The molecule has 0 spiro atoms. The van der Waals surface area contributed by atoms with Gasteiger partial charge >= 0.3 is 5.97 Å². The van der Waals surface area contributed by atoms with Gasteiger partial charge in [-0.2, -0.15) is 0 Å². The van der Waals surface area contributed by atoms with E-state index in [1.165, 1.54) is 30.6 Å². The molecule has 2 rings (SSSR count). The van der Waals surface area contributed by atoms with Crippen molar-refractivity contribution in [3.8, 4) is 0 Å². The summed E-state index contributed by atoms with van der Waals surface area (Å²) >= 11 is 0.947. The van der Waals surface area contributed by atoms with Gasteiger partial charge in [0.15, 0.2) is 5.16 Å². The molecule has 2 aromatic rings. The third-order valence-corrected chi connectivity index (χ3v) is 3.10. The van der Waals surface area contributed by atoms with Crippen molar-refractivity contribution in [3.05, 3.63) is 52.3 Å². The van der Waals surface area contributed by atoms with Gasteiger partial charge in [-0.05, 0) is 30.0 Å². The molecule has 19 heavy (non-hydrogen) atoms. The molecule has 0 radical (unpaired) electrons. The van der Waals surface area contributed by atoms with Gasteiger partial charge in [0.1, 0.15) is 5.56 Å². The summed E-state index contributed by atoms with van der Waals surface area (Å²) in [5.74, 6) is -1.34. The number of aromatic nitrogens is 2. The minimum Gasteiger partial charge on any atom is -0.477 e. The van der Waals surface area contributed by atoms with Crippen LogP contribution in [0.25, 0.3) is 0 Å². The number of nitro groups is 1. The normalized spacial score (nSPS) is 10.1. The van der Waals surface area contributed by atoms with E-state index < -0.39 is 16.6 Å². The van der Waals surface area contributed by atoms with Gasteiger partial charge in [0, 0.05) is 12.4 Å². The molecule has 0 bridgehead atoms. The van der Waals surface area contributed by atoms with Crippen molar-refractivity contribution in [2.45, 2.75) is 10.1 Å². The van der Waals surface area contributed by atoms with Gasteiger partial charge in [0.25, 0.3) is 5.69 Å². The zero-order chi connectivity index (χ0) is 13.8. The third kappa shape index (κ3) is 2.86. The first-order chi connectivity index (χ1) is 9.09. The molecule has 8 heteroatoms. The lowest BCUT2D eigenvalue weighted by atomic mass is 10.2. The van der Waals surface area contributed by atoms with Crippen LogP contribution in [0.4, 0.5) is 5.69 Å². The topological polar surface area (TPSA) is 106 Å². The number of para-hydroxylation sites is 1. The van der Waals surface area contributed by atoms with E-state index >= 15 is 0 Å². The maximum absolute atomic E-state index is 11.0. The number of carbonyl (C=O) groups is 1. The van der Waals surface area contributed by atoms with Crippen molar-refractivity contribution in [2.75, 3.05) is 0 Å². The number of hydrogen-bond acceptors (Lipinski definition) is 6. The Morgan fingerprint density at radius 1 is 1.26 bits per heavy atom. The Morgan fingerprint density at radius 2 is 1.95 bits per heavy atom. The van der Waals surface area contributed by atoms with Crippen LogP contribution in [-0.4, -0.2) is 26.0 Å². The summed E-state index contributed by atoms with van der Waals surface area (Å²) in [5.41, 5.74) is -0.807. The SMILES string of the molecule is O=C(O)c1cccc(Sc2ncccn2)c1[N+](=O)[O-]. The van der Waals surface area contributed by atoms with Crippen LogP contribution < -0.4 is 0 Å². The summed E-state index contributed by atoms with van der Waals surface area (Å²) in [6.07, 6.45) is 3.00. The molecule has 1 aromatic carbocycles. The number of aromatic carboxylic acids is 1. The highest BCUT2D eigenvalue weighted by Gasteiger charge is 2.25. The van der Waals surface area contributed by atoms with Crippen molar-refractivity contribution in [1.29, 1.82) is 0 Å². The average Bonchev–Trinajstić information content (AvgIpc) is 2.39. The van der Waals surface area contributed by atoms with Crippen LogP contribution >= 0.6 is 11.8 Å². The Labute approximate surface area is 111 Å². The standard InChI is InChI=1S/C11H7N3O4S/c15-10(16)7-3-1-4-8(9(7)14(17)18)19-11-12-5-2-6-13-11/h1-6H,(H,15,16). The Kier molecular flexibility index (Phi) is 3.71. The lowest BCUT2D eigenvalue weighted by molar-refractivity contribution is -0.388. The van der Waals surface area contributed by atoms with E-state index in [2.05, 4.69) is 9.97 Å². The maximum Gasteiger partial charge on any atom is 0.342 e. The summed E-state index contributed by atoms with van der Waals surface area (Å²) in [5, 5.41) is 20.3. The van der Waals surface area contributed by atoms with Crippen molar-refractivity contribution >= 4 is 23.4 Å². The molecule has 1 aromatic heterocycles. The first-order valence-corrected chi connectivity index (χ1v) is 5.87. The predicted molar refractivity (Wildman–Crippen MR) is 66.2 cm³/mol. The molecule has 7 nitrogen and oxygen atoms in total. The second-order valence-corrected chi connectivity index (χ2v) is 4.36. The maximum atomic E-state index is 11.0. The highest BCUT2D eigenvalue weighted by atomic mass is 32.2. The molecule has 0 amide bonds. The Morgan fingerprint density at radius 3 is 2.53 bits per heavy atom. The molecular formula is C11H7N3O4S. The monoisotopic (exact) mass is 277 g/mol. The van der Waals surface area contributed by atoms with Crippen molar-refractivity contribution in [1.82, 2.24) is 9.97 Å². The fraction of sp³-hybridized carbons (Fsp3) is 0. The molecule has 0 unspecified atom stereocenters. The van der Waals surface area contributed by atoms with Crippen molar-refractivity contribution in [3.63, 3.8) is 0 Å². The number of benzene rings is 1. The van der Waals surface area contributed by atoms with E-state index in [4.69, 9.17) is 5.11 Å². The minimum atomic E-state index is -1.34. The highest BCUT2D eigenvalue weighted by molar-refractivity contribution is 7.99. The van der Waals surface area contributed by atoms with Crippen LogP contribution in [-0.2, 0) is 0 Å². The molecule has 0 aliphatic rings. The molecule has 0 aliphatic carbocycles. The van der Waals surface area contributed by atoms with Gasteiger partial charge in [-0.15, -0.1) is 0 Å². The summed E-state index contributed by atoms with van der Waals surface area (Å²) in [6, 6.07) is 5.72. The largest absolute Gasteiger partial charge is 0.477 e. The molecule has 0 aliphatic heterocycles. The lowest BCUT2D eigenvalue weighted by Gasteiger charge is -2.03. The molecular weight excluding hydrogens is 270 g/mol. The molecule has 1 heterocycles. The quantitative estimate of drug-likeness (QED) is 0.518. The van der Waals surface area contributed by atoms with Crippen LogP contribution in [0.3, 0.4) is 0 Å². The van der Waals surface area contributed by atoms with Crippen LogP contribution in [0.2, 0.25) is 0 Å². The van der Waals surface area contributed by atoms with E-state index in [0.29, 0.717) is 5.16 Å². The number of nitro benzene ring substituents is 1. The van der Waals surface area contributed by atoms with E-state index in [1.807, 2.05) is 0 Å². The number of carboxylic acids is 1. The molecule has 0 atom stereocenters. The third-order valence-electron chi connectivity index (χ3n) is 2.16. The van der Waals surface area contributed by atoms with Gasteiger partial charge in [-0.1, -0.05) is 6.07 Å². The molecule has 0 saturated heterocycles.